The standard InChI is InChI=1S/C10H15BrN2OS.ClH/c1-6(2)9(12)10(14)13-5-7-3-4-8(11)15-7;/h3-4,6,9H,5,12H2,1-2H3,(H,13,14);1H. The van der Waals surface area contributed by atoms with Gasteiger partial charge in [0.05, 0.1) is 16.4 Å². The van der Waals surface area contributed by atoms with Gasteiger partial charge in [-0.3, -0.25) is 4.79 Å². The van der Waals surface area contributed by atoms with E-state index in [0.29, 0.717) is 6.54 Å². The molecule has 0 aliphatic rings. The van der Waals surface area contributed by atoms with Gasteiger partial charge in [-0.2, -0.15) is 0 Å². The second kappa shape index (κ2) is 7.27. The van der Waals surface area contributed by atoms with Crippen LogP contribution in [0.2, 0.25) is 0 Å². The van der Waals surface area contributed by atoms with Crippen molar-refractivity contribution in [2.24, 2.45) is 11.7 Å². The van der Waals surface area contributed by atoms with Gasteiger partial charge in [-0.05, 0) is 34.0 Å². The van der Waals surface area contributed by atoms with Gasteiger partial charge in [-0.1, -0.05) is 13.8 Å². The van der Waals surface area contributed by atoms with E-state index >= 15 is 0 Å². The summed E-state index contributed by atoms with van der Waals surface area (Å²) in [6.45, 7) is 4.42. The van der Waals surface area contributed by atoms with Crippen LogP contribution in [0, 0.1) is 5.92 Å². The van der Waals surface area contributed by atoms with Gasteiger partial charge in [-0.25, -0.2) is 0 Å². The Bertz CT molecular complexity index is 343. The fourth-order valence-corrected chi connectivity index (χ4v) is 2.46. The second-order valence-corrected chi connectivity index (χ2v) is 6.24. The number of hydrogen-bond donors (Lipinski definition) is 2. The first-order valence-electron chi connectivity index (χ1n) is 4.78. The predicted octanol–water partition coefficient (Wildman–Crippen LogP) is 2.53. The molecule has 0 aliphatic carbocycles. The Morgan fingerprint density at radius 3 is 2.62 bits per heavy atom. The monoisotopic (exact) mass is 326 g/mol. The van der Waals surface area contributed by atoms with E-state index in [1.165, 1.54) is 0 Å². The van der Waals surface area contributed by atoms with E-state index in [4.69, 9.17) is 5.73 Å². The first-order valence-corrected chi connectivity index (χ1v) is 6.39. The highest BCUT2D eigenvalue weighted by atomic mass is 79.9. The number of halogens is 2. The SMILES string of the molecule is CC(C)C(N)C(=O)NCc1ccc(Br)s1.Cl. The Kier molecular flexibility index (Phi) is 7.22. The highest BCUT2D eigenvalue weighted by Gasteiger charge is 2.16. The Morgan fingerprint density at radius 2 is 2.19 bits per heavy atom. The van der Waals surface area contributed by atoms with Crippen molar-refractivity contribution >= 4 is 45.6 Å². The average molecular weight is 328 g/mol. The van der Waals surface area contributed by atoms with Crippen LogP contribution in [-0.2, 0) is 11.3 Å². The van der Waals surface area contributed by atoms with Crippen LogP contribution in [0.1, 0.15) is 18.7 Å². The maximum absolute atomic E-state index is 11.5. The van der Waals surface area contributed by atoms with Gasteiger partial charge in [-0.15, -0.1) is 23.7 Å². The first-order chi connectivity index (χ1) is 7.00. The number of nitrogens with one attached hydrogen (secondary N) is 1. The van der Waals surface area contributed by atoms with Crippen LogP contribution >= 0.6 is 39.7 Å². The van der Waals surface area contributed by atoms with Gasteiger partial charge in [0.1, 0.15) is 0 Å². The molecule has 0 spiro atoms. The van der Waals surface area contributed by atoms with Gasteiger partial charge in [0.15, 0.2) is 0 Å². The van der Waals surface area contributed by atoms with Crippen LogP contribution in [0.5, 0.6) is 0 Å². The minimum atomic E-state index is -0.423. The molecule has 92 valence electrons. The number of amides is 1. The van der Waals surface area contributed by atoms with Gasteiger partial charge >= 0.3 is 0 Å². The van der Waals surface area contributed by atoms with E-state index in [9.17, 15) is 4.79 Å². The van der Waals surface area contributed by atoms with Crippen LogP contribution in [0.3, 0.4) is 0 Å². The third-order valence-corrected chi connectivity index (χ3v) is 3.71. The number of thiophene rings is 1. The number of carbonyl (C=O) groups is 1. The molecule has 0 saturated heterocycles. The summed E-state index contributed by atoms with van der Waals surface area (Å²) in [7, 11) is 0. The molecule has 0 radical (unpaired) electrons. The fourth-order valence-electron chi connectivity index (χ4n) is 1.04. The van der Waals surface area contributed by atoms with Crippen LogP contribution in [0.15, 0.2) is 15.9 Å². The minimum Gasteiger partial charge on any atom is -0.350 e. The Balaban J connectivity index is 0.00000225. The molecule has 0 bridgehead atoms. The molecule has 0 fully saturated rings. The average Bonchev–Trinajstić information content (AvgIpc) is 2.59. The Morgan fingerprint density at radius 1 is 1.56 bits per heavy atom. The van der Waals surface area contributed by atoms with Crippen molar-refractivity contribution in [3.8, 4) is 0 Å². The molecule has 1 amide bonds. The summed E-state index contributed by atoms with van der Waals surface area (Å²) in [5.74, 6) is 0.0783. The zero-order valence-corrected chi connectivity index (χ0v) is 12.4. The molecule has 1 rings (SSSR count). The molecular weight excluding hydrogens is 312 g/mol. The van der Waals surface area contributed by atoms with E-state index < -0.39 is 6.04 Å². The molecule has 0 aliphatic heterocycles. The second-order valence-electron chi connectivity index (χ2n) is 3.69. The van der Waals surface area contributed by atoms with E-state index in [-0.39, 0.29) is 24.2 Å². The van der Waals surface area contributed by atoms with Crippen molar-refractivity contribution in [2.45, 2.75) is 26.4 Å². The van der Waals surface area contributed by atoms with E-state index in [2.05, 4.69) is 21.2 Å². The molecule has 1 heterocycles. The molecule has 1 unspecified atom stereocenters. The third-order valence-electron chi connectivity index (χ3n) is 2.09. The Hall–Kier alpha value is -0.100. The summed E-state index contributed by atoms with van der Waals surface area (Å²) in [5, 5.41) is 2.82. The lowest BCUT2D eigenvalue weighted by molar-refractivity contribution is -0.123. The molecule has 1 aromatic rings. The molecule has 0 saturated carbocycles. The summed E-state index contributed by atoms with van der Waals surface area (Å²) in [6, 6.07) is 3.53. The zero-order chi connectivity index (χ0) is 11.4. The van der Waals surface area contributed by atoms with Crippen LogP contribution in [0.4, 0.5) is 0 Å². The highest BCUT2D eigenvalue weighted by molar-refractivity contribution is 9.11. The number of nitrogens with two attached hydrogens (primary N) is 1. The lowest BCUT2D eigenvalue weighted by Gasteiger charge is -2.14. The molecular formula is C10H16BrClN2OS. The van der Waals surface area contributed by atoms with Crippen LogP contribution in [-0.4, -0.2) is 11.9 Å². The predicted molar refractivity (Wildman–Crippen MR) is 73.9 cm³/mol. The van der Waals surface area contributed by atoms with Crippen LogP contribution in [0.25, 0.3) is 0 Å². The fraction of sp³-hybridized carbons (Fsp3) is 0.500. The molecule has 1 aromatic heterocycles. The van der Waals surface area contributed by atoms with Gasteiger partial charge < -0.3 is 11.1 Å². The summed E-state index contributed by atoms with van der Waals surface area (Å²) < 4.78 is 1.07. The number of carbonyl (C=O) groups excluding carboxylic acids is 1. The van der Waals surface area contributed by atoms with Crippen LogP contribution < -0.4 is 11.1 Å². The maximum atomic E-state index is 11.5. The molecule has 6 heteroatoms. The molecule has 16 heavy (non-hydrogen) atoms. The van der Waals surface area contributed by atoms with Gasteiger partial charge in [0.25, 0.3) is 0 Å². The van der Waals surface area contributed by atoms with E-state index in [0.717, 1.165) is 8.66 Å². The van der Waals surface area contributed by atoms with Crippen molar-refractivity contribution < 1.29 is 4.79 Å². The quantitative estimate of drug-likeness (QED) is 0.893. The number of hydrogen-bond acceptors (Lipinski definition) is 3. The first kappa shape index (κ1) is 15.9. The summed E-state index contributed by atoms with van der Waals surface area (Å²) in [4.78, 5) is 12.6. The normalized spacial score (nSPS) is 12.1. The van der Waals surface area contributed by atoms with Crippen molar-refractivity contribution in [3.05, 3.63) is 20.8 Å². The van der Waals surface area contributed by atoms with Gasteiger partial charge in [0.2, 0.25) is 5.91 Å². The van der Waals surface area contributed by atoms with Crippen molar-refractivity contribution in [3.63, 3.8) is 0 Å². The lowest BCUT2D eigenvalue weighted by Crippen LogP contribution is -2.43. The zero-order valence-electron chi connectivity index (χ0n) is 9.20. The third kappa shape index (κ3) is 4.82. The van der Waals surface area contributed by atoms with Crippen molar-refractivity contribution in [1.82, 2.24) is 5.32 Å². The lowest BCUT2D eigenvalue weighted by atomic mass is 10.1. The largest absolute Gasteiger partial charge is 0.350 e. The molecule has 0 aromatic carbocycles. The summed E-state index contributed by atoms with van der Waals surface area (Å²) >= 11 is 4.98. The topological polar surface area (TPSA) is 55.1 Å². The molecule has 3 N–H and O–H groups in total. The van der Waals surface area contributed by atoms with Crippen molar-refractivity contribution in [2.75, 3.05) is 0 Å². The number of rotatable bonds is 4. The van der Waals surface area contributed by atoms with Crippen molar-refractivity contribution in [1.29, 1.82) is 0 Å². The summed E-state index contributed by atoms with van der Waals surface area (Å²) in [6.07, 6.45) is 0. The Labute approximate surface area is 114 Å². The van der Waals surface area contributed by atoms with Gasteiger partial charge in [0, 0.05) is 4.88 Å². The highest BCUT2D eigenvalue weighted by Crippen LogP contribution is 2.21. The molecule has 3 nitrogen and oxygen atoms in total. The van der Waals surface area contributed by atoms with E-state index in [1.54, 1.807) is 11.3 Å². The summed E-state index contributed by atoms with van der Waals surface area (Å²) in [5.41, 5.74) is 5.71. The van der Waals surface area contributed by atoms with E-state index in [1.807, 2.05) is 26.0 Å². The smallest absolute Gasteiger partial charge is 0.237 e. The maximum Gasteiger partial charge on any atom is 0.237 e. The molecule has 1 atom stereocenters. The minimum absolute atomic E-state index is 0.